The van der Waals surface area contributed by atoms with Crippen molar-refractivity contribution in [3.8, 4) is 5.75 Å². The molecule has 0 spiro atoms. The Balaban J connectivity index is 1.89. The summed E-state index contributed by atoms with van der Waals surface area (Å²) < 4.78 is 5.93. The normalized spacial score (nSPS) is 14.6. The maximum Gasteiger partial charge on any atom is 0.252 e. The van der Waals surface area contributed by atoms with Gasteiger partial charge in [-0.15, -0.1) is 0 Å². The van der Waals surface area contributed by atoms with Crippen LogP contribution in [0.15, 0.2) is 34.3 Å². The first-order valence-electron chi connectivity index (χ1n) is 7.00. The average molecular weight is 338 g/mol. The van der Waals surface area contributed by atoms with E-state index in [1.165, 1.54) is 31.3 Å². The van der Waals surface area contributed by atoms with Crippen LogP contribution in [0.1, 0.15) is 42.5 Å². The molecule has 20 heavy (non-hydrogen) atoms. The number of hydrogen-bond acceptors (Lipinski definition) is 2. The fourth-order valence-electron chi connectivity index (χ4n) is 2.37. The predicted octanol–water partition coefficient (Wildman–Crippen LogP) is 4.08. The highest BCUT2D eigenvalue weighted by Gasteiger charge is 2.11. The van der Waals surface area contributed by atoms with Crippen LogP contribution in [0.5, 0.6) is 5.75 Å². The topological polar surface area (TPSA) is 38.3 Å². The van der Waals surface area contributed by atoms with Crippen molar-refractivity contribution in [2.45, 2.75) is 32.1 Å². The van der Waals surface area contributed by atoms with E-state index in [4.69, 9.17) is 4.74 Å². The molecule has 0 radical (unpaired) electrons. The molecule has 0 unspecified atom stereocenters. The lowest BCUT2D eigenvalue weighted by Gasteiger charge is -2.13. The highest BCUT2D eigenvalue weighted by molar-refractivity contribution is 9.10. The van der Waals surface area contributed by atoms with Crippen LogP contribution in [-0.4, -0.2) is 19.6 Å². The van der Waals surface area contributed by atoms with Crippen LogP contribution >= 0.6 is 15.9 Å². The summed E-state index contributed by atoms with van der Waals surface area (Å²) in [5, 5.41) is 2.97. The van der Waals surface area contributed by atoms with Gasteiger partial charge in [-0.1, -0.05) is 11.6 Å². The Kier molecular flexibility index (Phi) is 5.65. The molecule has 108 valence electrons. The molecule has 1 aliphatic carbocycles. The van der Waals surface area contributed by atoms with Crippen molar-refractivity contribution < 1.29 is 9.53 Å². The zero-order chi connectivity index (χ0) is 14.4. The highest BCUT2D eigenvalue weighted by Crippen LogP contribution is 2.23. The molecule has 0 saturated heterocycles. The summed E-state index contributed by atoms with van der Waals surface area (Å²) in [4.78, 5) is 12.2. The van der Waals surface area contributed by atoms with E-state index in [9.17, 15) is 4.79 Å². The summed E-state index contributed by atoms with van der Waals surface area (Å²) >= 11 is 3.40. The van der Waals surface area contributed by atoms with E-state index >= 15 is 0 Å². The van der Waals surface area contributed by atoms with Crippen LogP contribution in [-0.2, 0) is 0 Å². The van der Waals surface area contributed by atoms with Gasteiger partial charge in [-0.2, -0.15) is 0 Å². The molecule has 1 aliphatic rings. The monoisotopic (exact) mass is 337 g/mol. The van der Waals surface area contributed by atoms with Crippen molar-refractivity contribution in [3.05, 3.63) is 39.9 Å². The van der Waals surface area contributed by atoms with Crippen molar-refractivity contribution >= 4 is 21.8 Å². The second-order valence-corrected chi connectivity index (χ2v) is 5.81. The second kappa shape index (κ2) is 7.48. The third-order valence-corrected chi connectivity index (χ3v) is 4.23. The lowest BCUT2D eigenvalue weighted by Crippen LogP contribution is -2.25. The molecular weight excluding hydrogens is 318 g/mol. The molecule has 1 amide bonds. The van der Waals surface area contributed by atoms with Gasteiger partial charge in [-0.25, -0.2) is 0 Å². The Labute approximate surface area is 128 Å². The molecule has 0 atom stereocenters. The number of hydrogen-bond donors (Lipinski definition) is 1. The summed E-state index contributed by atoms with van der Waals surface area (Å²) in [6.07, 6.45) is 8.21. The summed E-state index contributed by atoms with van der Waals surface area (Å²) in [6.45, 7) is 0.689. The van der Waals surface area contributed by atoms with Crippen LogP contribution < -0.4 is 10.1 Å². The number of benzene rings is 1. The number of halogens is 1. The SMILES string of the molecule is COc1ccc(Br)c(C(=O)NCCC2=CCCCC2)c1. The third-order valence-electron chi connectivity index (χ3n) is 3.53. The van der Waals surface area contributed by atoms with Crippen LogP contribution in [0.3, 0.4) is 0 Å². The number of rotatable bonds is 5. The molecule has 1 aromatic rings. The Morgan fingerprint density at radius 3 is 2.95 bits per heavy atom. The van der Waals surface area contributed by atoms with Crippen molar-refractivity contribution in [1.82, 2.24) is 5.32 Å². The molecule has 0 saturated carbocycles. The minimum absolute atomic E-state index is 0.0628. The Morgan fingerprint density at radius 2 is 2.25 bits per heavy atom. The largest absolute Gasteiger partial charge is 0.497 e. The van der Waals surface area contributed by atoms with Crippen LogP contribution in [0.25, 0.3) is 0 Å². The molecule has 0 heterocycles. The molecule has 1 aromatic carbocycles. The summed E-state index contributed by atoms with van der Waals surface area (Å²) in [7, 11) is 1.60. The first-order chi connectivity index (χ1) is 9.70. The summed E-state index contributed by atoms with van der Waals surface area (Å²) in [5.74, 6) is 0.625. The number of methoxy groups -OCH3 is 1. The van der Waals surface area contributed by atoms with E-state index in [0.717, 1.165) is 10.9 Å². The molecule has 4 heteroatoms. The zero-order valence-electron chi connectivity index (χ0n) is 11.7. The Bertz CT molecular complexity index is 511. The maximum absolute atomic E-state index is 12.2. The van der Waals surface area contributed by atoms with Gasteiger partial charge < -0.3 is 10.1 Å². The first-order valence-corrected chi connectivity index (χ1v) is 7.79. The van der Waals surface area contributed by atoms with E-state index < -0.39 is 0 Å². The number of nitrogens with one attached hydrogen (secondary N) is 1. The third kappa shape index (κ3) is 4.10. The number of carbonyl (C=O) groups is 1. The number of ether oxygens (including phenoxy) is 1. The van der Waals surface area contributed by atoms with E-state index in [1.807, 2.05) is 12.1 Å². The van der Waals surface area contributed by atoms with Gasteiger partial charge in [0.15, 0.2) is 0 Å². The van der Waals surface area contributed by atoms with Gasteiger partial charge in [-0.3, -0.25) is 4.79 Å². The fraction of sp³-hybridized carbons (Fsp3) is 0.438. The Morgan fingerprint density at radius 1 is 1.40 bits per heavy atom. The standard InChI is InChI=1S/C16H20BrNO2/c1-20-13-7-8-15(17)14(11-13)16(19)18-10-9-12-5-3-2-4-6-12/h5,7-8,11H,2-4,6,9-10H2,1H3,(H,18,19). The Hall–Kier alpha value is -1.29. The van der Waals surface area contributed by atoms with Crippen LogP contribution in [0.2, 0.25) is 0 Å². The molecule has 0 fully saturated rings. The van der Waals surface area contributed by atoms with Gasteiger partial charge in [0.05, 0.1) is 12.7 Å². The molecular formula is C16H20BrNO2. The van der Waals surface area contributed by atoms with E-state index in [2.05, 4.69) is 27.3 Å². The molecule has 2 rings (SSSR count). The minimum atomic E-state index is -0.0628. The van der Waals surface area contributed by atoms with Crippen molar-refractivity contribution in [1.29, 1.82) is 0 Å². The van der Waals surface area contributed by atoms with E-state index in [0.29, 0.717) is 17.9 Å². The molecule has 1 N–H and O–H groups in total. The zero-order valence-corrected chi connectivity index (χ0v) is 13.3. The molecule has 0 bridgehead atoms. The lowest BCUT2D eigenvalue weighted by molar-refractivity contribution is 0.0953. The van der Waals surface area contributed by atoms with Gasteiger partial charge in [0.25, 0.3) is 5.91 Å². The van der Waals surface area contributed by atoms with Gasteiger partial charge in [-0.05, 0) is 66.2 Å². The quantitative estimate of drug-likeness (QED) is 0.822. The van der Waals surface area contributed by atoms with Gasteiger partial charge in [0.1, 0.15) is 5.75 Å². The minimum Gasteiger partial charge on any atom is -0.497 e. The van der Waals surface area contributed by atoms with E-state index in [-0.39, 0.29) is 5.91 Å². The molecule has 0 aliphatic heterocycles. The fourth-order valence-corrected chi connectivity index (χ4v) is 2.80. The van der Waals surface area contributed by atoms with E-state index in [1.54, 1.807) is 13.2 Å². The number of carbonyl (C=O) groups excluding carboxylic acids is 1. The molecule has 3 nitrogen and oxygen atoms in total. The summed E-state index contributed by atoms with van der Waals surface area (Å²) in [5.41, 5.74) is 2.09. The van der Waals surface area contributed by atoms with Gasteiger partial charge >= 0.3 is 0 Å². The van der Waals surface area contributed by atoms with Gasteiger partial charge in [0.2, 0.25) is 0 Å². The predicted molar refractivity (Wildman–Crippen MR) is 84.2 cm³/mol. The highest BCUT2D eigenvalue weighted by atomic mass is 79.9. The van der Waals surface area contributed by atoms with Crippen molar-refractivity contribution in [2.24, 2.45) is 0 Å². The smallest absolute Gasteiger partial charge is 0.252 e. The summed E-state index contributed by atoms with van der Waals surface area (Å²) in [6, 6.07) is 5.41. The lowest BCUT2D eigenvalue weighted by atomic mass is 9.97. The van der Waals surface area contributed by atoms with Gasteiger partial charge in [0, 0.05) is 11.0 Å². The van der Waals surface area contributed by atoms with Crippen LogP contribution in [0, 0.1) is 0 Å². The second-order valence-electron chi connectivity index (χ2n) is 4.96. The number of amides is 1. The average Bonchev–Trinajstić information content (AvgIpc) is 2.48. The van der Waals surface area contributed by atoms with Crippen LogP contribution in [0.4, 0.5) is 0 Å². The van der Waals surface area contributed by atoms with Crippen molar-refractivity contribution in [3.63, 3.8) is 0 Å². The maximum atomic E-state index is 12.2. The number of allylic oxidation sites excluding steroid dienone is 1. The van der Waals surface area contributed by atoms with Crippen molar-refractivity contribution in [2.75, 3.05) is 13.7 Å². The first kappa shape index (κ1) is 15.1. The molecule has 0 aromatic heterocycles.